The second kappa shape index (κ2) is 15.5. The van der Waals surface area contributed by atoms with Crippen LogP contribution in [0.2, 0.25) is 0 Å². The van der Waals surface area contributed by atoms with Crippen molar-refractivity contribution in [2.24, 2.45) is 4.99 Å². The van der Waals surface area contributed by atoms with Gasteiger partial charge < -0.3 is 38.8 Å². The van der Waals surface area contributed by atoms with E-state index in [1.165, 1.54) is 0 Å². The first kappa shape index (κ1) is 35.5. The largest absolute Gasteiger partial charge is 0.493 e. The van der Waals surface area contributed by atoms with Crippen LogP contribution in [-0.4, -0.2) is 88.0 Å². The van der Waals surface area contributed by atoms with Crippen molar-refractivity contribution in [3.05, 3.63) is 72.9 Å². The Morgan fingerprint density at radius 3 is 1.87 bits per heavy atom. The minimum absolute atomic E-state index is 0.0865. The predicted molar refractivity (Wildman–Crippen MR) is 193 cm³/mol. The number of nitrogens with zero attached hydrogens (tertiary/aromatic N) is 4. The van der Waals surface area contributed by atoms with E-state index in [-0.39, 0.29) is 12.1 Å². The fourth-order valence-corrected chi connectivity index (χ4v) is 6.04. The second-order valence-electron chi connectivity index (χ2n) is 12.7. The molecule has 2 aromatic rings. The normalized spacial score (nSPS) is 19.1. The zero-order valence-electron chi connectivity index (χ0n) is 29.3. The number of hydrogen-bond donors (Lipinski definition) is 1. The number of aliphatic hydroxyl groups excluding tert-OH is 1. The van der Waals surface area contributed by atoms with Crippen LogP contribution < -0.4 is 23.8 Å². The lowest BCUT2D eigenvalue weighted by Gasteiger charge is -2.35. The van der Waals surface area contributed by atoms with Gasteiger partial charge in [0.25, 0.3) is 0 Å². The summed E-state index contributed by atoms with van der Waals surface area (Å²) in [4.78, 5) is 10.8. The van der Waals surface area contributed by atoms with Gasteiger partial charge in [-0.25, -0.2) is 0 Å². The van der Waals surface area contributed by atoms with E-state index < -0.39 is 6.23 Å². The number of anilines is 1. The third kappa shape index (κ3) is 7.96. The van der Waals surface area contributed by atoms with Gasteiger partial charge in [0.05, 0.1) is 50.9 Å². The summed E-state index contributed by atoms with van der Waals surface area (Å²) in [5.41, 5.74) is 7.24. The third-order valence-corrected chi connectivity index (χ3v) is 8.96. The van der Waals surface area contributed by atoms with Crippen LogP contribution in [-0.2, 0) is 0 Å². The molecule has 0 radical (unpaired) electrons. The van der Waals surface area contributed by atoms with Gasteiger partial charge in [-0.15, -0.1) is 13.2 Å². The van der Waals surface area contributed by atoms with Gasteiger partial charge in [0.15, 0.2) is 23.0 Å². The topological polar surface area (TPSA) is 79.2 Å². The molecule has 4 rings (SSSR count). The Balaban J connectivity index is 1.35. The smallest absolute Gasteiger partial charge is 0.163 e. The van der Waals surface area contributed by atoms with Gasteiger partial charge in [-0.05, 0) is 58.1 Å². The van der Waals surface area contributed by atoms with Crippen LogP contribution in [0.5, 0.6) is 23.0 Å². The average molecular weight is 645 g/mol. The highest BCUT2D eigenvalue weighted by Crippen LogP contribution is 2.43. The van der Waals surface area contributed by atoms with E-state index in [1.807, 2.05) is 75.3 Å². The molecule has 2 heterocycles. The molecular formula is C38H52N4O5. The van der Waals surface area contributed by atoms with E-state index >= 15 is 0 Å². The van der Waals surface area contributed by atoms with E-state index in [0.29, 0.717) is 42.6 Å². The summed E-state index contributed by atoms with van der Waals surface area (Å²) in [5, 5.41) is 11.3. The molecular weight excluding hydrogens is 592 g/mol. The summed E-state index contributed by atoms with van der Waals surface area (Å²) in [6, 6.07) is 7.66. The van der Waals surface area contributed by atoms with Crippen LogP contribution >= 0.6 is 0 Å². The lowest BCUT2D eigenvalue weighted by atomic mass is 10.1. The second-order valence-corrected chi connectivity index (χ2v) is 12.7. The molecule has 2 aliphatic rings. The number of rotatable bonds is 14. The Labute approximate surface area is 281 Å². The Hall–Kier alpha value is -4.37. The molecule has 47 heavy (non-hydrogen) atoms. The van der Waals surface area contributed by atoms with Crippen molar-refractivity contribution in [2.75, 3.05) is 53.5 Å². The van der Waals surface area contributed by atoms with E-state index in [9.17, 15) is 5.11 Å². The maximum absolute atomic E-state index is 11.3. The summed E-state index contributed by atoms with van der Waals surface area (Å²) in [6.07, 6.45) is 5.24. The molecule has 0 aromatic heterocycles. The molecule has 2 aliphatic heterocycles. The SMILES string of the molecule is C=C(C)CC1C=Nc2cc(OCCCCCOc3cc4c(cc3OC)C(=C)N(C)C(CC(=C)C)C(O)N4C)c(OC)cc2C(=C)N1C. The van der Waals surface area contributed by atoms with Crippen molar-refractivity contribution < 1.29 is 24.1 Å². The molecule has 0 bridgehead atoms. The van der Waals surface area contributed by atoms with E-state index in [4.69, 9.17) is 23.9 Å². The quantitative estimate of drug-likeness (QED) is 0.170. The first-order valence-electron chi connectivity index (χ1n) is 16.2. The maximum atomic E-state index is 11.3. The lowest BCUT2D eigenvalue weighted by molar-refractivity contribution is 0.0930. The highest BCUT2D eigenvalue weighted by Gasteiger charge is 2.34. The van der Waals surface area contributed by atoms with Crippen molar-refractivity contribution in [3.63, 3.8) is 0 Å². The molecule has 0 fully saturated rings. The standard InChI is InChI=1S/C38H52N4O5/c1-24(2)17-28-23-39-31-21-36(34(44-10)19-29(31)26(5)40(28)7)46-15-13-12-14-16-47-37-22-32-30(20-35(37)45-11)27(6)41(8)33(18-25(3)4)38(43)42(32)9/h19-23,28,33,38,43H,1,3,5-6,12-18H2,2,4,7-11H3. The van der Waals surface area contributed by atoms with Gasteiger partial charge in [-0.3, -0.25) is 4.99 Å². The minimum Gasteiger partial charge on any atom is -0.493 e. The number of fused-ring (bicyclic) bond motifs is 2. The molecule has 1 N–H and O–H groups in total. The number of likely N-dealkylation sites (N-methyl/N-ethyl adjacent to an activating group) is 2. The fraction of sp³-hybridized carbons (Fsp3) is 0.447. The lowest BCUT2D eigenvalue weighted by Crippen LogP contribution is -2.47. The molecule has 0 saturated carbocycles. The van der Waals surface area contributed by atoms with Crippen molar-refractivity contribution in [1.29, 1.82) is 0 Å². The molecule has 9 nitrogen and oxygen atoms in total. The molecule has 0 saturated heterocycles. The molecule has 0 amide bonds. The summed E-state index contributed by atoms with van der Waals surface area (Å²) < 4.78 is 23.8. The monoisotopic (exact) mass is 644 g/mol. The zero-order chi connectivity index (χ0) is 34.4. The van der Waals surface area contributed by atoms with Gasteiger partial charge in [0.1, 0.15) is 6.23 Å². The average Bonchev–Trinajstić information content (AvgIpc) is 3.19. The van der Waals surface area contributed by atoms with Gasteiger partial charge in [0.2, 0.25) is 0 Å². The number of hydrogen-bond acceptors (Lipinski definition) is 9. The van der Waals surface area contributed by atoms with Crippen molar-refractivity contribution in [2.45, 2.75) is 64.3 Å². The number of aliphatic hydroxyl groups is 1. The van der Waals surface area contributed by atoms with Crippen LogP contribution in [0.3, 0.4) is 0 Å². The molecule has 0 spiro atoms. The maximum Gasteiger partial charge on any atom is 0.163 e. The first-order valence-corrected chi connectivity index (χ1v) is 16.2. The van der Waals surface area contributed by atoms with Crippen LogP contribution in [0.1, 0.15) is 57.1 Å². The number of aliphatic imine (C=N–C) groups is 1. The summed E-state index contributed by atoms with van der Waals surface area (Å²) >= 11 is 0. The van der Waals surface area contributed by atoms with Crippen molar-refractivity contribution in [3.8, 4) is 23.0 Å². The molecule has 9 heteroatoms. The summed E-state index contributed by atoms with van der Waals surface area (Å²) in [6.45, 7) is 21.8. The van der Waals surface area contributed by atoms with Crippen LogP contribution in [0, 0.1) is 0 Å². The van der Waals surface area contributed by atoms with Gasteiger partial charge in [-0.2, -0.15) is 0 Å². The van der Waals surface area contributed by atoms with E-state index in [1.54, 1.807) is 14.2 Å². The van der Waals surface area contributed by atoms with Crippen molar-refractivity contribution in [1.82, 2.24) is 9.80 Å². The van der Waals surface area contributed by atoms with Crippen LogP contribution in [0.25, 0.3) is 11.4 Å². The molecule has 254 valence electrons. The van der Waals surface area contributed by atoms with Gasteiger partial charge >= 0.3 is 0 Å². The highest BCUT2D eigenvalue weighted by atomic mass is 16.5. The number of benzene rings is 2. The zero-order valence-corrected chi connectivity index (χ0v) is 29.3. The predicted octanol–water partition coefficient (Wildman–Crippen LogP) is 7.29. The number of methoxy groups -OCH3 is 2. The fourth-order valence-electron chi connectivity index (χ4n) is 6.04. The highest BCUT2D eigenvalue weighted by molar-refractivity contribution is 5.84. The van der Waals surface area contributed by atoms with Gasteiger partial charge in [0, 0.05) is 62.0 Å². The Morgan fingerprint density at radius 2 is 1.30 bits per heavy atom. The molecule has 0 aliphatic carbocycles. The van der Waals surface area contributed by atoms with E-state index in [2.05, 4.69) is 31.2 Å². The Morgan fingerprint density at radius 1 is 0.745 bits per heavy atom. The summed E-state index contributed by atoms with van der Waals surface area (Å²) in [7, 11) is 9.15. The van der Waals surface area contributed by atoms with Crippen molar-refractivity contribution >= 4 is 29.0 Å². The van der Waals surface area contributed by atoms with Crippen LogP contribution in [0.4, 0.5) is 11.4 Å². The summed E-state index contributed by atoms with van der Waals surface area (Å²) in [5.74, 6) is 2.57. The Kier molecular flexibility index (Phi) is 11.7. The minimum atomic E-state index is -0.750. The molecule has 3 unspecified atom stereocenters. The van der Waals surface area contributed by atoms with Gasteiger partial charge in [-0.1, -0.05) is 24.3 Å². The Bertz CT molecular complexity index is 1530. The van der Waals surface area contributed by atoms with Crippen LogP contribution in [0.15, 0.2) is 66.7 Å². The van der Waals surface area contributed by atoms with E-state index in [0.717, 1.165) is 70.7 Å². The molecule has 3 atom stereocenters. The molecule has 2 aromatic carbocycles. The first-order chi connectivity index (χ1) is 22.4. The third-order valence-electron chi connectivity index (χ3n) is 8.96. The number of unbranched alkanes of at least 4 members (excludes halogenated alkanes) is 2. The number of ether oxygens (including phenoxy) is 4.